The molecule has 3 heteroatoms. The Morgan fingerprint density at radius 1 is 1.00 bits per heavy atom. The van der Waals surface area contributed by atoms with Crippen molar-refractivity contribution in [3.63, 3.8) is 0 Å². The summed E-state index contributed by atoms with van der Waals surface area (Å²) in [7, 11) is 0. The van der Waals surface area contributed by atoms with Gasteiger partial charge in [-0.25, -0.2) is 8.78 Å². The topological polar surface area (TPSA) is 20.2 Å². The maximum atomic E-state index is 13.6. The van der Waals surface area contributed by atoms with Gasteiger partial charge in [-0.15, -0.1) is 0 Å². The summed E-state index contributed by atoms with van der Waals surface area (Å²) in [5.41, 5.74) is 0.0251. The standard InChI is InChI=1S/C16H22F2O/c17-14-9-6-10-15(18)13(14)11-16(19)12-7-4-2-1-3-5-8-12/h6,9-10,12,16,19H,1-5,7-8,11H2. The molecule has 1 aliphatic rings. The van der Waals surface area contributed by atoms with Crippen LogP contribution in [0.1, 0.15) is 50.5 Å². The van der Waals surface area contributed by atoms with E-state index in [0.717, 1.165) is 25.7 Å². The van der Waals surface area contributed by atoms with Gasteiger partial charge in [-0.3, -0.25) is 0 Å². The van der Waals surface area contributed by atoms with Gasteiger partial charge in [0.2, 0.25) is 0 Å². The molecule has 0 aliphatic heterocycles. The zero-order valence-electron chi connectivity index (χ0n) is 11.2. The summed E-state index contributed by atoms with van der Waals surface area (Å²) in [6.45, 7) is 0. The van der Waals surface area contributed by atoms with Crippen LogP contribution in [-0.4, -0.2) is 11.2 Å². The first kappa shape index (κ1) is 14.4. The minimum Gasteiger partial charge on any atom is -0.392 e. The molecule has 0 heterocycles. The minimum absolute atomic E-state index is 0.0251. The second-order valence-electron chi connectivity index (χ2n) is 5.58. The number of aliphatic hydroxyl groups excluding tert-OH is 1. The highest BCUT2D eigenvalue weighted by Gasteiger charge is 2.22. The van der Waals surface area contributed by atoms with Crippen molar-refractivity contribution < 1.29 is 13.9 Å². The fraction of sp³-hybridized carbons (Fsp3) is 0.625. The van der Waals surface area contributed by atoms with Crippen molar-refractivity contribution >= 4 is 0 Å². The van der Waals surface area contributed by atoms with Gasteiger partial charge in [0.05, 0.1) is 6.10 Å². The smallest absolute Gasteiger partial charge is 0.129 e. The van der Waals surface area contributed by atoms with Gasteiger partial charge in [-0.2, -0.15) is 0 Å². The molecule has 0 spiro atoms. The van der Waals surface area contributed by atoms with Crippen LogP contribution in [0.4, 0.5) is 8.78 Å². The summed E-state index contributed by atoms with van der Waals surface area (Å²) in [6, 6.07) is 3.86. The SMILES string of the molecule is OC(Cc1c(F)cccc1F)C1CCCCCCC1. The molecule has 1 N–H and O–H groups in total. The average molecular weight is 268 g/mol. The molecule has 0 bridgehead atoms. The molecule has 1 saturated carbocycles. The quantitative estimate of drug-likeness (QED) is 0.869. The Balaban J connectivity index is 2.00. The molecular weight excluding hydrogens is 246 g/mol. The largest absolute Gasteiger partial charge is 0.392 e. The third kappa shape index (κ3) is 4.00. The number of benzene rings is 1. The molecule has 1 aliphatic carbocycles. The van der Waals surface area contributed by atoms with Crippen LogP contribution in [-0.2, 0) is 6.42 Å². The third-order valence-corrected chi connectivity index (χ3v) is 4.17. The lowest BCUT2D eigenvalue weighted by molar-refractivity contribution is 0.0896. The van der Waals surface area contributed by atoms with Crippen LogP contribution in [0.3, 0.4) is 0 Å². The van der Waals surface area contributed by atoms with E-state index in [4.69, 9.17) is 0 Å². The Bertz CT molecular complexity index is 377. The van der Waals surface area contributed by atoms with Crippen molar-refractivity contribution in [1.82, 2.24) is 0 Å². The van der Waals surface area contributed by atoms with Crippen molar-refractivity contribution in [1.29, 1.82) is 0 Å². The van der Waals surface area contributed by atoms with Crippen LogP contribution in [0, 0.1) is 17.6 Å². The van der Waals surface area contributed by atoms with E-state index in [-0.39, 0.29) is 17.9 Å². The fourth-order valence-electron chi connectivity index (χ4n) is 2.98. The Hall–Kier alpha value is -0.960. The van der Waals surface area contributed by atoms with Crippen molar-refractivity contribution in [3.8, 4) is 0 Å². The summed E-state index contributed by atoms with van der Waals surface area (Å²) in [4.78, 5) is 0. The van der Waals surface area contributed by atoms with Gasteiger partial charge in [0.1, 0.15) is 11.6 Å². The predicted octanol–water partition coefficient (Wildman–Crippen LogP) is 4.23. The lowest BCUT2D eigenvalue weighted by Gasteiger charge is -2.25. The second kappa shape index (κ2) is 6.99. The molecule has 106 valence electrons. The highest BCUT2D eigenvalue weighted by molar-refractivity contribution is 5.20. The van der Waals surface area contributed by atoms with Gasteiger partial charge >= 0.3 is 0 Å². The van der Waals surface area contributed by atoms with Crippen LogP contribution in [0.2, 0.25) is 0 Å². The number of hydrogen-bond donors (Lipinski definition) is 1. The zero-order valence-corrected chi connectivity index (χ0v) is 11.2. The fourth-order valence-corrected chi connectivity index (χ4v) is 2.98. The number of aliphatic hydroxyl groups is 1. The number of halogens is 2. The molecule has 1 aromatic carbocycles. The van der Waals surface area contributed by atoms with Crippen LogP contribution < -0.4 is 0 Å². The first-order chi connectivity index (χ1) is 9.18. The maximum Gasteiger partial charge on any atom is 0.129 e. The average Bonchev–Trinajstić information content (AvgIpc) is 2.33. The van der Waals surface area contributed by atoms with E-state index in [1.54, 1.807) is 0 Å². The van der Waals surface area contributed by atoms with Gasteiger partial charge in [-0.1, -0.05) is 38.2 Å². The number of hydrogen-bond acceptors (Lipinski definition) is 1. The molecular formula is C16H22F2O. The first-order valence-corrected chi connectivity index (χ1v) is 7.29. The molecule has 0 saturated heterocycles. The molecule has 0 amide bonds. The first-order valence-electron chi connectivity index (χ1n) is 7.29. The van der Waals surface area contributed by atoms with E-state index < -0.39 is 17.7 Å². The second-order valence-corrected chi connectivity index (χ2v) is 5.58. The van der Waals surface area contributed by atoms with E-state index in [0.29, 0.717) is 0 Å². The van der Waals surface area contributed by atoms with E-state index in [1.807, 2.05) is 0 Å². The van der Waals surface area contributed by atoms with Crippen molar-refractivity contribution in [2.45, 2.75) is 57.5 Å². The third-order valence-electron chi connectivity index (χ3n) is 4.17. The highest BCUT2D eigenvalue weighted by Crippen LogP contribution is 2.27. The van der Waals surface area contributed by atoms with Crippen LogP contribution in [0.5, 0.6) is 0 Å². The normalized spacial score (nSPS) is 19.7. The summed E-state index contributed by atoms with van der Waals surface area (Å²) < 4.78 is 27.1. The van der Waals surface area contributed by atoms with E-state index in [2.05, 4.69) is 0 Å². The molecule has 0 radical (unpaired) electrons. The summed E-state index contributed by atoms with van der Waals surface area (Å²) >= 11 is 0. The maximum absolute atomic E-state index is 13.6. The van der Waals surface area contributed by atoms with Gasteiger partial charge in [-0.05, 0) is 30.9 Å². The summed E-state index contributed by atoms with van der Waals surface area (Å²) in [5.74, 6) is -0.922. The minimum atomic E-state index is -0.635. The van der Waals surface area contributed by atoms with Gasteiger partial charge in [0.15, 0.2) is 0 Å². The van der Waals surface area contributed by atoms with Gasteiger partial charge in [0, 0.05) is 12.0 Å². The van der Waals surface area contributed by atoms with Gasteiger partial charge < -0.3 is 5.11 Å². The van der Waals surface area contributed by atoms with Crippen LogP contribution in [0.25, 0.3) is 0 Å². The van der Waals surface area contributed by atoms with Crippen molar-refractivity contribution in [2.24, 2.45) is 5.92 Å². The molecule has 1 aromatic rings. The van der Waals surface area contributed by atoms with E-state index >= 15 is 0 Å². The molecule has 1 nitrogen and oxygen atoms in total. The Morgan fingerprint density at radius 2 is 1.53 bits per heavy atom. The van der Waals surface area contributed by atoms with Gasteiger partial charge in [0.25, 0.3) is 0 Å². The van der Waals surface area contributed by atoms with Crippen molar-refractivity contribution in [3.05, 3.63) is 35.4 Å². The van der Waals surface area contributed by atoms with Crippen molar-refractivity contribution in [2.75, 3.05) is 0 Å². The number of rotatable bonds is 3. The Morgan fingerprint density at radius 3 is 2.11 bits per heavy atom. The molecule has 19 heavy (non-hydrogen) atoms. The van der Waals surface area contributed by atoms with E-state index in [9.17, 15) is 13.9 Å². The summed E-state index contributed by atoms with van der Waals surface area (Å²) in [5, 5.41) is 10.3. The highest BCUT2D eigenvalue weighted by atomic mass is 19.1. The summed E-state index contributed by atoms with van der Waals surface area (Å²) in [6.07, 6.45) is 7.30. The lowest BCUT2D eigenvalue weighted by Crippen LogP contribution is -2.24. The molecule has 1 atom stereocenters. The molecule has 0 aromatic heterocycles. The molecule has 2 rings (SSSR count). The predicted molar refractivity (Wildman–Crippen MR) is 71.9 cm³/mol. The Labute approximate surface area is 113 Å². The Kier molecular flexibility index (Phi) is 5.32. The van der Waals surface area contributed by atoms with Crippen LogP contribution >= 0.6 is 0 Å². The monoisotopic (exact) mass is 268 g/mol. The molecule has 1 unspecified atom stereocenters. The van der Waals surface area contributed by atoms with E-state index in [1.165, 1.54) is 37.5 Å². The molecule has 1 fully saturated rings. The van der Waals surface area contributed by atoms with Crippen LogP contribution in [0.15, 0.2) is 18.2 Å². The zero-order chi connectivity index (χ0) is 13.7. The lowest BCUT2D eigenvalue weighted by atomic mass is 9.85.